The fraction of sp³-hybridized carbons (Fsp3) is 0.200. The number of benzene rings is 2. The minimum absolute atomic E-state index is 0.352. The largest absolute Gasteiger partial charge is 0.486 e. The van der Waals surface area contributed by atoms with Gasteiger partial charge in [-0.1, -0.05) is 28.1 Å². The van der Waals surface area contributed by atoms with Crippen LogP contribution in [-0.2, 0) is 0 Å². The molecule has 20 heavy (non-hydrogen) atoms. The lowest BCUT2D eigenvalue weighted by Crippen LogP contribution is -2.15. The van der Waals surface area contributed by atoms with Gasteiger partial charge in [0.2, 0.25) is 0 Å². The summed E-state index contributed by atoms with van der Waals surface area (Å²) < 4.78 is 24.5. The van der Waals surface area contributed by atoms with Gasteiger partial charge in [-0.3, -0.25) is 0 Å². The highest BCUT2D eigenvalue weighted by atomic mass is 79.9. The van der Waals surface area contributed by atoms with E-state index in [4.69, 9.17) is 9.47 Å². The average molecular weight is 339 g/mol. The van der Waals surface area contributed by atoms with Crippen molar-refractivity contribution < 1.29 is 19.0 Å². The predicted octanol–water partition coefficient (Wildman–Crippen LogP) is 3.44. The van der Waals surface area contributed by atoms with Crippen molar-refractivity contribution in [2.24, 2.45) is 0 Å². The zero-order chi connectivity index (χ0) is 14.1. The van der Waals surface area contributed by atoms with Gasteiger partial charge in [-0.2, -0.15) is 0 Å². The zero-order valence-corrected chi connectivity index (χ0v) is 12.1. The lowest BCUT2D eigenvalue weighted by Gasteiger charge is -2.20. The molecule has 0 radical (unpaired) electrons. The van der Waals surface area contributed by atoms with E-state index < -0.39 is 6.10 Å². The Bertz CT molecular complexity index is 645. The van der Waals surface area contributed by atoms with Crippen LogP contribution in [0.3, 0.4) is 0 Å². The van der Waals surface area contributed by atoms with E-state index in [9.17, 15) is 9.50 Å². The molecule has 0 bridgehead atoms. The molecular weight excluding hydrogens is 327 g/mol. The van der Waals surface area contributed by atoms with Crippen LogP contribution in [0, 0.1) is 5.82 Å². The van der Waals surface area contributed by atoms with E-state index in [0.717, 1.165) is 0 Å². The summed E-state index contributed by atoms with van der Waals surface area (Å²) in [6.07, 6.45) is -0.860. The molecule has 0 spiro atoms. The third kappa shape index (κ3) is 2.51. The maximum absolute atomic E-state index is 13.1. The number of aliphatic hydroxyl groups is 1. The van der Waals surface area contributed by atoms with E-state index in [-0.39, 0.29) is 5.82 Å². The first kappa shape index (κ1) is 13.4. The Kier molecular flexibility index (Phi) is 3.63. The van der Waals surface area contributed by atoms with Gasteiger partial charge in [-0.05, 0) is 35.4 Å². The highest BCUT2D eigenvalue weighted by Crippen LogP contribution is 2.36. The quantitative estimate of drug-likeness (QED) is 0.911. The van der Waals surface area contributed by atoms with Gasteiger partial charge in [0.1, 0.15) is 25.1 Å². The van der Waals surface area contributed by atoms with Gasteiger partial charge >= 0.3 is 0 Å². The summed E-state index contributed by atoms with van der Waals surface area (Å²) in [6, 6.07) is 9.49. The molecule has 0 fully saturated rings. The van der Waals surface area contributed by atoms with Crippen molar-refractivity contribution in [1.29, 1.82) is 0 Å². The van der Waals surface area contributed by atoms with Crippen molar-refractivity contribution in [3.8, 4) is 11.5 Å². The van der Waals surface area contributed by atoms with Crippen molar-refractivity contribution in [3.05, 3.63) is 57.8 Å². The Hall–Kier alpha value is -1.59. The Labute approximate surface area is 124 Å². The fourth-order valence-corrected chi connectivity index (χ4v) is 2.70. The van der Waals surface area contributed by atoms with Crippen LogP contribution in [0.15, 0.2) is 40.9 Å². The summed E-state index contributed by atoms with van der Waals surface area (Å²) in [6.45, 7) is 1.02. The molecule has 2 aromatic carbocycles. The molecule has 1 heterocycles. The molecule has 1 atom stereocenters. The molecule has 2 aromatic rings. The topological polar surface area (TPSA) is 38.7 Å². The molecule has 1 N–H and O–H groups in total. The van der Waals surface area contributed by atoms with E-state index in [1.165, 1.54) is 12.1 Å². The Morgan fingerprint density at radius 3 is 2.55 bits per heavy atom. The van der Waals surface area contributed by atoms with E-state index in [1.807, 2.05) is 0 Å². The van der Waals surface area contributed by atoms with Gasteiger partial charge in [0.25, 0.3) is 0 Å². The van der Waals surface area contributed by atoms with Crippen LogP contribution >= 0.6 is 15.9 Å². The molecule has 0 aliphatic carbocycles. The SMILES string of the molecule is OC(c1ccc2c(c1)OCCO2)c1ccc(F)cc1Br. The first-order chi connectivity index (χ1) is 9.65. The monoisotopic (exact) mass is 338 g/mol. The Morgan fingerprint density at radius 2 is 1.80 bits per heavy atom. The van der Waals surface area contributed by atoms with Crippen molar-refractivity contribution in [3.63, 3.8) is 0 Å². The minimum atomic E-state index is -0.860. The summed E-state index contributed by atoms with van der Waals surface area (Å²) >= 11 is 3.26. The molecule has 0 aromatic heterocycles. The van der Waals surface area contributed by atoms with Gasteiger partial charge in [0, 0.05) is 4.47 Å². The normalized spacial score (nSPS) is 14.9. The van der Waals surface area contributed by atoms with Crippen LogP contribution in [0.4, 0.5) is 4.39 Å². The summed E-state index contributed by atoms with van der Waals surface area (Å²) in [5, 5.41) is 10.4. The second-order valence-electron chi connectivity index (χ2n) is 4.47. The average Bonchev–Trinajstić information content (AvgIpc) is 2.46. The lowest BCUT2D eigenvalue weighted by atomic mass is 10.0. The van der Waals surface area contributed by atoms with Crippen molar-refractivity contribution in [2.45, 2.75) is 6.10 Å². The number of ether oxygens (including phenoxy) is 2. The lowest BCUT2D eigenvalue weighted by molar-refractivity contribution is 0.169. The van der Waals surface area contributed by atoms with Crippen LogP contribution in [0.25, 0.3) is 0 Å². The number of fused-ring (bicyclic) bond motifs is 1. The van der Waals surface area contributed by atoms with E-state index in [0.29, 0.717) is 40.3 Å². The molecule has 5 heteroatoms. The summed E-state index contributed by atoms with van der Waals surface area (Å²) in [5.41, 5.74) is 1.27. The molecule has 3 nitrogen and oxygen atoms in total. The van der Waals surface area contributed by atoms with Crippen molar-refractivity contribution >= 4 is 15.9 Å². The van der Waals surface area contributed by atoms with Gasteiger partial charge in [-0.15, -0.1) is 0 Å². The molecule has 0 saturated carbocycles. The number of rotatable bonds is 2. The second-order valence-corrected chi connectivity index (χ2v) is 5.33. The maximum atomic E-state index is 13.1. The molecule has 1 aliphatic rings. The molecule has 1 unspecified atom stereocenters. The molecule has 0 saturated heterocycles. The molecule has 3 rings (SSSR count). The molecule has 1 aliphatic heterocycles. The highest BCUT2D eigenvalue weighted by Gasteiger charge is 2.18. The Balaban J connectivity index is 1.95. The highest BCUT2D eigenvalue weighted by molar-refractivity contribution is 9.10. The number of hydrogen-bond acceptors (Lipinski definition) is 3. The van der Waals surface area contributed by atoms with Gasteiger partial charge in [-0.25, -0.2) is 4.39 Å². The second kappa shape index (κ2) is 5.42. The van der Waals surface area contributed by atoms with Crippen LogP contribution in [0.5, 0.6) is 11.5 Å². The standard InChI is InChI=1S/C15H12BrFO3/c16-12-8-10(17)2-3-11(12)15(18)9-1-4-13-14(7-9)20-6-5-19-13/h1-4,7-8,15,18H,5-6H2. The van der Waals surface area contributed by atoms with Gasteiger partial charge in [0.15, 0.2) is 11.5 Å². The third-order valence-electron chi connectivity index (χ3n) is 3.14. The first-order valence-electron chi connectivity index (χ1n) is 6.18. The maximum Gasteiger partial charge on any atom is 0.161 e. The smallest absolute Gasteiger partial charge is 0.161 e. The van der Waals surface area contributed by atoms with E-state index in [2.05, 4.69) is 15.9 Å². The molecule has 104 valence electrons. The van der Waals surface area contributed by atoms with E-state index in [1.54, 1.807) is 24.3 Å². The number of aliphatic hydroxyl groups excluding tert-OH is 1. The summed E-state index contributed by atoms with van der Waals surface area (Å²) in [5.74, 6) is 0.936. The summed E-state index contributed by atoms with van der Waals surface area (Å²) in [4.78, 5) is 0. The van der Waals surface area contributed by atoms with Crippen LogP contribution in [0.1, 0.15) is 17.2 Å². The molecular formula is C15H12BrFO3. The minimum Gasteiger partial charge on any atom is -0.486 e. The number of halogens is 2. The fourth-order valence-electron chi connectivity index (χ4n) is 2.13. The third-order valence-corrected chi connectivity index (χ3v) is 3.83. The van der Waals surface area contributed by atoms with E-state index >= 15 is 0 Å². The number of hydrogen-bond donors (Lipinski definition) is 1. The Morgan fingerprint density at radius 1 is 1.05 bits per heavy atom. The zero-order valence-electron chi connectivity index (χ0n) is 10.5. The van der Waals surface area contributed by atoms with Crippen LogP contribution in [0.2, 0.25) is 0 Å². The van der Waals surface area contributed by atoms with Crippen LogP contribution < -0.4 is 9.47 Å². The molecule has 0 amide bonds. The summed E-state index contributed by atoms with van der Waals surface area (Å²) in [7, 11) is 0. The predicted molar refractivity (Wildman–Crippen MR) is 75.6 cm³/mol. The van der Waals surface area contributed by atoms with Gasteiger partial charge < -0.3 is 14.6 Å². The van der Waals surface area contributed by atoms with Crippen molar-refractivity contribution in [2.75, 3.05) is 13.2 Å². The van der Waals surface area contributed by atoms with Crippen molar-refractivity contribution in [1.82, 2.24) is 0 Å². The van der Waals surface area contributed by atoms with Gasteiger partial charge in [0.05, 0.1) is 0 Å². The first-order valence-corrected chi connectivity index (χ1v) is 6.97. The van der Waals surface area contributed by atoms with Crippen LogP contribution in [-0.4, -0.2) is 18.3 Å².